The number of carbonyl (C=O) groups excluding carboxylic acids is 1. The third kappa shape index (κ3) is 4.61. The fourth-order valence-corrected chi connectivity index (χ4v) is 2.50. The number of amides is 1. The molecule has 1 aromatic heterocycles. The third-order valence-corrected chi connectivity index (χ3v) is 3.43. The minimum Gasteiger partial charge on any atom is -0.395 e. The Balaban J connectivity index is 2.56. The van der Waals surface area contributed by atoms with E-state index in [-0.39, 0.29) is 12.5 Å². The number of halogens is 1. The van der Waals surface area contributed by atoms with Crippen molar-refractivity contribution in [3.63, 3.8) is 0 Å². The van der Waals surface area contributed by atoms with Crippen molar-refractivity contribution < 1.29 is 9.90 Å². The molecular weight excluding hydrogens is 260 g/mol. The molecule has 17 heavy (non-hydrogen) atoms. The van der Waals surface area contributed by atoms with E-state index in [1.54, 1.807) is 4.90 Å². The predicted molar refractivity (Wildman–Crippen MR) is 69.3 cm³/mol. The lowest BCUT2D eigenvalue weighted by Gasteiger charge is -2.20. The zero-order valence-electron chi connectivity index (χ0n) is 9.86. The highest BCUT2D eigenvalue weighted by Crippen LogP contribution is 2.13. The van der Waals surface area contributed by atoms with Crippen LogP contribution < -0.4 is 0 Å². The molecule has 1 rings (SSSR count). The van der Waals surface area contributed by atoms with E-state index in [0.717, 1.165) is 17.1 Å². The average molecular weight is 277 g/mol. The molecule has 1 aromatic rings. The number of rotatable bonds is 7. The average Bonchev–Trinajstić information content (AvgIpc) is 2.76. The van der Waals surface area contributed by atoms with Gasteiger partial charge in [0.25, 0.3) is 0 Å². The summed E-state index contributed by atoms with van der Waals surface area (Å²) < 4.78 is 0. The Bertz CT molecular complexity index is 351. The van der Waals surface area contributed by atoms with Crippen LogP contribution in [0.5, 0.6) is 0 Å². The Labute approximate surface area is 110 Å². The summed E-state index contributed by atoms with van der Waals surface area (Å²) in [5, 5.41) is 11.5. The van der Waals surface area contributed by atoms with E-state index in [1.165, 1.54) is 11.3 Å². The molecule has 4 nitrogen and oxygen atoms in total. The highest BCUT2D eigenvalue weighted by molar-refractivity contribution is 7.09. The van der Waals surface area contributed by atoms with Crippen molar-refractivity contribution in [1.29, 1.82) is 0 Å². The summed E-state index contributed by atoms with van der Waals surface area (Å²) >= 11 is 7.11. The van der Waals surface area contributed by atoms with Crippen LogP contribution in [0.1, 0.15) is 24.0 Å². The summed E-state index contributed by atoms with van der Waals surface area (Å²) in [5.74, 6) is 0.386. The molecule has 96 valence electrons. The SMILES string of the molecule is CCCN(CCO)C(=O)Cc1nc(CCl)cs1. The van der Waals surface area contributed by atoms with Crippen molar-refractivity contribution in [2.45, 2.75) is 25.6 Å². The Hall–Kier alpha value is -0.650. The van der Waals surface area contributed by atoms with Crippen LogP contribution in [0.2, 0.25) is 0 Å². The molecular formula is C11H17ClN2O2S. The van der Waals surface area contributed by atoms with Gasteiger partial charge in [0, 0.05) is 18.5 Å². The minimum atomic E-state index is -0.00343. The summed E-state index contributed by atoms with van der Waals surface area (Å²) in [6.45, 7) is 3.07. The van der Waals surface area contributed by atoms with E-state index in [9.17, 15) is 4.79 Å². The predicted octanol–water partition coefficient (Wildman–Crippen LogP) is 1.66. The van der Waals surface area contributed by atoms with Gasteiger partial charge in [0.15, 0.2) is 0 Å². The molecule has 0 spiro atoms. The van der Waals surface area contributed by atoms with E-state index < -0.39 is 0 Å². The monoisotopic (exact) mass is 276 g/mol. The molecule has 0 fully saturated rings. The largest absolute Gasteiger partial charge is 0.395 e. The van der Waals surface area contributed by atoms with Gasteiger partial charge in [0.05, 0.1) is 24.6 Å². The van der Waals surface area contributed by atoms with Crippen molar-refractivity contribution in [2.24, 2.45) is 0 Å². The Morgan fingerprint density at radius 3 is 2.88 bits per heavy atom. The maximum atomic E-state index is 11.9. The minimum absolute atomic E-state index is 0.00343. The zero-order chi connectivity index (χ0) is 12.7. The number of thiazole rings is 1. The lowest BCUT2D eigenvalue weighted by atomic mass is 10.3. The molecule has 0 saturated carbocycles. The smallest absolute Gasteiger partial charge is 0.229 e. The molecule has 0 atom stereocenters. The second-order valence-corrected chi connectivity index (χ2v) is 4.86. The first-order valence-corrected chi connectivity index (χ1v) is 7.00. The van der Waals surface area contributed by atoms with Crippen LogP contribution in [-0.2, 0) is 17.1 Å². The molecule has 0 bridgehead atoms. The lowest BCUT2D eigenvalue weighted by Crippen LogP contribution is -2.35. The Kier molecular flexibility index (Phi) is 6.47. The summed E-state index contributed by atoms with van der Waals surface area (Å²) in [5.41, 5.74) is 0.809. The quantitative estimate of drug-likeness (QED) is 0.771. The van der Waals surface area contributed by atoms with Crippen molar-refractivity contribution in [2.75, 3.05) is 19.7 Å². The van der Waals surface area contributed by atoms with Gasteiger partial charge >= 0.3 is 0 Å². The van der Waals surface area contributed by atoms with Crippen molar-refractivity contribution >= 4 is 28.8 Å². The van der Waals surface area contributed by atoms with E-state index in [4.69, 9.17) is 16.7 Å². The molecule has 0 radical (unpaired) electrons. The fourth-order valence-electron chi connectivity index (χ4n) is 1.48. The van der Waals surface area contributed by atoms with Gasteiger partial charge in [-0.1, -0.05) is 6.92 Å². The van der Waals surface area contributed by atoms with Crippen LogP contribution in [0.25, 0.3) is 0 Å². The fraction of sp³-hybridized carbons (Fsp3) is 0.636. The highest BCUT2D eigenvalue weighted by Gasteiger charge is 2.14. The number of alkyl halides is 1. The van der Waals surface area contributed by atoms with Crippen LogP contribution >= 0.6 is 22.9 Å². The van der Waals surface area contributed by atoms with E-state index in [1.807, 2.05) is 12.3 Å². The topological polar surface area (TPSA) is 53.4 Å². The molecule has 0 aromatic carbocycles. The van der Waals surface area contributed by atoms with Crippen LogP contribution in [0.3, 0.4) is 0 Å². The molecule has 0 aliphatic heterocycles. The standard InChI is InChI=1S/C11H17ClN2O2S/c1-2-3-14(4-5-15)11(16)6-10-13-9(7-12)8-17-10/h8,15H,2-7H2,1H3. The van der Waals surface area contributed by atoms with Gasteiger partial charge in [0.2, 0.25) is 5.91 Å². The first-order valence-electron chi connectivity index (χ1n) is 5.59. The maximum absolute atomic E-state index is 11.9. The van der Waals surface area contributed by atoms with Crippen molar-refractivity contribution in [3.8, 4) is 0 Å². The second-order valence-electron chi connectivity index (χ2n) is 3.65. The van der Waals surface area contributed by atoms with Crippen LogP contribution in [0.4, 0.5) is 0 Å². The van der Waals surface area contributed by atoms with Gasteiger partial charge in [-0.3, -0.25) is 4.79 Å². The third-order valence-electron chi connectivity index (χ3n) is 2.25. The molecule has 0 saturated heterocycles. The molecule has 1 amide bonds. The Morgan fingerprint density at radius 1 is 1.59 bits per heavy atom. The molecule has 0 unspecified atom stereocenters. The number of aromatic nitrogens is 1. The number of aliphatic hydroxyl groups excluding tert-OH is 1. The maximum Gasteiger partial charge on any atom is 0.229 e. The molecule has 1 heterocycles. The van der Waals surface area contributed by atoms with E-state index >= 15 is 0 Å². The summed E-state index contributed by atoms with van der Waals surface area (Å²) in [6, 6.07) is 0. The molecule has 0 aliphatic carbocycles. The van der Waals surface area contributed by atoms with Crippen LogP contribution in [0, 0.1) is 0 Å². The number of hydrogen-bond donors (Lipinski definition) is 1. The highest BCUT2D eigenvalue weighted by atomic mass is 35.5. The van der Waals surface area contributed by atoms with Crippen LogP contribution in [-0.4, -0.2) is 40.6 Å². The van der Waals surface area contributed by atoms with Crippen molar-refractivity contribution in [1.82, 2.24) is 9.88 Å². The van der Waals surface area contributed by atoms with Gasteiger partial charge in [-0.05, 0) is 6.42 Å². The van der Waals surface area contributed by atoms with Gasteiger partial charge in [0.1, 0.15) is 5.01 Å². The van der Waals surface area contributed by atoms with Gasteiger partial charge in [-0.15, -0.1) is 22.9 Å². The van der Waals surface area contributed by atoms with E-state index in [0.29, 0.717) is 25.4 Å². The zero-order valence-corrected chi connectivity index (χ0v) is 11.4. The van der Waals surface area contributed by atoms with Gasteiger partial charge in [-0.25, -0.2) is 4.98 Å². The van der Waals surface area contributed by atoms with Crippen molar-refractivity contribution in [3.05, 3.63) is 16.1 Å². The first kappa shape index (κ1) is 14.4. The van der Waals surface area contributed by atoms with Gasteiger partial charge < -0.3 is 10.0 Å². The Morgan fingerprint density at radius 2 is 2.35 bits per heavy atom. The lowest BCUT2D eigenvalue weighted by molar-refractivity contribution is -0.131. The summed E-state index contributed by atoms with van der Waals surface area (Å²) in [6.07, 6.45) is 1.18. The number of carbonyl (C=O) groups is 1. The van der Waals surface area contributed by atoms with Gasteiger partial charge in [-0.2, -0.15) is 0 Å². The number of aliphatic hydroxyl groups is 1. The molecule has 0 aliphatic rings. The summed E-state index contributed by atoms with van der Waals surface area (Å²) in [7, 11) is 0. The number of hydrogen-bond acceptors (Lipinski definition) is 4. The normalized spacial score (nSPS) is 10.5. The molecule has 6 heteroatoms. The first-order chi connectivity index (χ1) is 8.21. The summed E-state index contributed by atoms with van der Waals surface area (Å²) in [4.78, 5) is 17.9. The number of nitrogens with zero attached hydrogens (tertiary/aromatic N) is 2. The van der Waals surface area contributed by atoms with E-state index in [2.05, 4.69) is 4.98 Å². The second kappa shape index (κ2) is 7.63. The molecule has 1 N–H and O–H groups in total. The van der Waals surface area contributed by atoms with Crippen LogP contribution in [0.15, 0.2) is 5.38 Å².